The molecule has 8 nitrogen and oxygen atoms in total. The molecule has 5 fully saturated rings. The molecule has 0 radical (unpaired) electrons. The van der Waals surface area contributed by atoms with Crippen molar-refractivity contribution in [3.63, 3.8) is 0 Å². The molecule has 0 amide bonds. The smallest absolute Gasteiger partial charge is 0.144 e. The summed E-state index contributed by atoms with van der Waals surface area (Å²) in [6.45, 7) is 15.6. The van der Waals surface area contributed by atoms with E-state index < -0.39 is 0 Å². The highest BCUT2D eigenvalue weighted by Crippen LogP contribution is 2.46. The Labute approximate surface area is 224 Å². The molecule has 4 heterocycles. The van der Waals surface area contributed by atoms with E-state index in [1.165, 1.54) is 122 Å². The summed E-state index contributed by atoms with van der Waals surface area (Å²) in [4.78, 5) is 13.5. The zero-order chi connectivity index (χ0) is 25.2. The Bertz CT molecular complexity index is 878. The SMILES string of the molecule is COc1cc(N)c(C2CC2)cc1N1CCC(N2CCN(CN3CCC(N4CCNCC4)CC3)CC2)CC1. The van der Waals surface area contributed by atoms with Crippen molar-refractivity contribution in [3.8, 4) is 5.75 Å². The third-order valence-electron chi connectivity index (χ3n) is 9.76. The minimum atomic E-state index is 0.664. The van der Waals surface area contributed by atoms with Crippen LogP contribution < -0.4 is 20.7 Å². The van der Waals surface area contributed by atoms with E-state index in [1.807, 2.05) is 0 Å². The van der Waals surface area contributed by atoms with Gasteiger partial charge in [0.1, 0.15) is 5.75 Å². The van der Waals surface area contributed by atoms with E-state index in [0.717, 1.165) is 36.6 Å². The quantitative estimate of drug-likeness (QED) is 0.540. The lowest BCUT2D eigenvalue weighted by molar-refractivity contribution is 0.0271. The Morgan fingerprint density at radius 2 is 1.35 bits per heavy atom. The van der Waals surface area contributed by atoms with Gasteiger partial charge in [0.25, 0.3) is 0 Å². The Morgan fingerprint density at radius 3 is 1.97 bits per heavy atom. The molecule has 1 aliphatic carbocycles. The second-order valence-corrected chi connectivity index (χ2v) is 12.1. The number of benzene rings is 1. The first-order chi connectivity index (χ1) is 18.2. The lowest BCUT2D eigenvalue weighted by atomic mass is 10.00. The van der Waals surface area contributed by atoms with Crippen LogP contribution in [0, 0.1) is 0 Å². The maximum Gasteiger partial charge on any atom is 0.144 e. The van der Waals surface area contributed by atoms with Gasteiger partial charge in [0.2, 0.25) is 0 Å². The van der Waals surface area contributed by atoms with Crippen LogP contribution in [0.4, 0.5) is 11.4 Å². The third-order valence-corrected chi connectivity index (χ3v) is 9.76. The number of methoxy groups -OCH3 is 1. The monoisotopic (exact) mass is 511 g/mol. The molecule has 0 aromatic heterocycles. The van der Waals surface area contributed by atoms with Gasteiger partial charge in [-0.25, -0.2) is 0 Å². The number of piperidine rings is 2. The van der Waals surface area contributed by atoms with Gasteiger partial charge >= 0.3 is 0 Å². The van der Waals surface area contributed by atoms with E-state index in [4.69, 9.17) is 10.5 Å². The fraction of sp³-hybridized carbons (Fsp3) is 0.793. The molecule has 6 rings (SSSR count). The summed E-state index contributed by atoms with van der Waals surface area (Å²) in [7, 11) is 1.77. The van der Waals surface area contributed by atoms with Crippen molar-refractivity contribution in [2.24, 2.45) is 0 Å². The molecular formula is C29H49N7O. The second-order valence-electron chi connectivity index (χ2n) is 12.1. The standard InChI is InChI=1S/C29H49N7O/c1-37-29-21-27(30)26(23-2-3-23)20-28(29)36-12-6-25(7-13-36)35-18-16-33(17-19-35)22-32-10-4-24(5-11-32)34-14-8-31-9-15-34/h20-21,23-25,31H,2-19,22,30H2,1H3. The average Bonchev–Trinajstić information content (AvgIpc) is 3.80. The molecule has 3 N–H and O–H groups in total. The molecule has 4 saturated heterocycles. The van der Waals surface area contributed by atoms with Gasteiger partial charge in [-0.15, -0.1) is 0 Å². The summed E-state index contributed by atoms with van der Waals surface area (Å²) >= 11 is 0. The Balaban J connectivity index is 0.939. The van der Waals surface area contributed by atoms with E-state index in [9.17, 15) is 0 Å². The van der Waals surface area contributed by atoms with Crippen molar-refractivity contribution in [2.75, 3.05) is 103 Å². The number of nitrogen functional groups attached to an aromatic ring is 1. The van der Waals surface area contributed by atoms with Gasteiger partial charge in [-0.05, 0) is 56.1 Å². The van der Waals surface area contributed by atoms with Crippen LogP contribution in [0.15, 0.2) is 12.1 Å². The Hall–Kier alpha value is -1.58. The maximum absolute atomic E-state index is 6.35. The van der Waals surface area contributed by atoms with Gasteiger partial charge in [-0.1, -0.05) is 0 Å². The number of rotatable bonds is 7. The van der Waals surface area contributed by atoms with Crippen LogP contribution in [0.1, 0.15) is 50.0 Å². The van der Waals surface area contributed by atoms with Gasteiger partial charge in [0.15, 0.2) is 0 Å². The molecule has 0 spiro atoms. The molecule has 1 saturated carbocycles. The number of nitrogens with one attached hydrogen (secondary N) is 1. The summed E-state index contributed by atoms with van der Waals surface area (Å²) in [6.07, 6.45) is 7.73. The first-order valence-corrected chi connectivity index (χ1v) is 15.0. The van der Waals surface area contributed by atoms with Gasteiger partial charge < -0.3 is 20.7 Å². The molecule has 206 valence electrons. The van der Waals surface area contributed by atoms with Gasteiger partial charge in [-0.3, -0.25) is 19.6 Å². The lowest BCUT2D eigenvalue weighted by Crippen LogP contribution is -2.56. The first-order valence-electron chi connectivity index (χ1n) is 15.0. The maximum atomic E-state index is 6.35. The fourth-order valence-corrected chi connectivity index (χ4v) is 7.26. The van der Waals surface area contributed by atoms with Crippen LogP contribution in [0.5, 0.6) is 5.75 Å². The number of piperazine rings is 2. The zero-order valence-corrected chi connectivity index (χ0v) is 23.0. The van der Waals surface area contributed by atoms with Crippen molar-refractivity contribution >= 4 is 11.4 Å². The number of nitrogens with two attached hydrogens (primary N) is 1. The molecule has 8 heteroatoms. The highest BCUT2D eigenvalue weighted by molar-refractivity contribution is 5.69. The molecule has 1 aromatic carbocycles. The molecule has 5 aliphatic rings. The number of nitrogens with zero attached hydrogens (tertiary/aromatic N) is 5. The van der Waals surface area contributed by atoms with E-state index in [2.05, 4.69) is 41.9 Å². The Morgan fingerprint density at radius 1 is 0.757 bits per heavy atom. The minimum Gasteiger partial charge on any atom is -0.495 e. The summed E-state index contributed by atoms with van der Waals surface area (Å²) in [5.74, 6) is 1.60. The summed E-state index contributed by atoms with van der Waals surface area (Å²) in [6, 6.07) is 5.92. The van der Waals surface area contributed by atoms with Crippen LogP contribution in [0.3, 0.4) is 0 Å². The number of anilines is 2. The number of ether oxygens (including phenoxy) is 1. The van der Waals surface area contributed by atoms with E-state index >= 15 is 0 Å². The van der Waals surface area contributed by atoms with Crippen molar-refractivity contribution < 1.29 is 4.74 Å². The second kappa shape index (κ2) is 11.7. The molecule has 4 aliphatic heterocycles. The van der Waals surface area contributed by atoms with E-state index in [1.54, 1.807) is 7.11 Å². The molecular weight excluding hydrogens is 462 g/mol. The largest absolute Gasteiger partial charge is 0.495 e. The normalized spacial score (nSPS) is 26.6. The number of hydrogen-bond acceptors (Lipinski definition) is 8. The third kappa shape index (κ3) is 6.04. The van der Waals surface area contributed by atoms with Gasteiger partial charge in [0, 0.05) is 102 Å². The van der Waals surface area contributed by atoms with Gasteiger partial charge in [-0.2, -0.15) is 0 Å². The number of likely N-dealkylation sites (tertiary alicyclic amines) is 1. The van der Waals surface area contributed by atoms with Gasteiger partial charge in [0.05, 0.1) is 19.5 Å². The fourth-order valence-electron chi connectivity index (χ4n) is 7.26. The molecule has 1 aromatic rings. The van der Waals surface area contributed by atoms with E-state index in [0.29, 0.717) is 5.92 Å². The predicted molar refractivity (Wildman–Crippen MR) is 152 cm³/mol. The van der Waals surface area contributed by atoms with Crippen LogP contribution in [-0.4, -0.2) is 124 Å². The first kappa shape index (κ1) is 25.7. The summed E-state index contributed by atoms with van der Waals surface area (Å²) in [5, 5.41) is 3.49. The molecule has 37 heavy (non-hydrogen) atoms. The Kier molecular flexibility index (Phi) is 8.09. The lowest BCUT2D eigenvalue weighted by Gasteiger charge is -2.45. The van der Waals surface area contributed by atoms with Crippen LogP contribution in [0.25, 0.3) is 0 Å². The molecule has 0 atom stereocenters. The molecule has 0 bridgehead atoms. The summed E-state index contributed by atoms with van der Waals surface area (Å²) in [5.41, 5.74) is 9.84. The van der Waals surface area contributed by atoms with Crippen molar-refractivity contribution in [1.82, 2.24) is 24.9 Å². The minimum absolute atomic E-state index is 0.664. The average molecular weight is 512 g/mol. The van der Waals surface area contributed by atoms with Crippen molar-refractivity contribution in [3.05, 3.63) is 17.7 Å². The number of hydrogen-bond donors (Lipinski definition) is 2. The van der Waals surface area contributed by atoms with Crippen LogP contribution in [-0.2, 0) is 0 Å². The predicted octanol–water partition coefficient (Wildman–Crippen LogP) is 2.07. The van der Waals surface area contributed by atoms with Crippen molar-refractivity contribution in [1.29, 1.82) is 0 Å². The molecule has 0 unspecified atom stereocenters. The summed E-state index contributed by atoms with van der Waals surface area (Å²) < 4.78 is 5.74. The van der Waals surface area contributed by atoms with Crippen LogP contribution in [0.2, 0.25) is 0 Å². The van der Waals surface area contributed by atoms with E-state index in [-0.39, 0.29) is 0 Å². The zero-order valence-electron chi connectivity index (χ0n) is 23.0. The van der Waals surface area contributed by atoms with Crippen molar-refractivity contribution in [2.45, 2.75) is 56.5 Å². The highest BCUT2D eigenvalue weighted by Gasteiger charge is 2.32. The highest BCUT2D eigenvalue weighted by atomic mass is 16.5. The topological polar surface area (TPSA) is 63.5 Å². The van der Waals surface area contributed by atoms with Crippen LogP contribution >= 0.6 is 0 Å².